The van der Waals surface area contributed by atoms with Crippen molar-refractivity contribution in [2.45, 2.75) is 18.4 Å². The van der Waals surface area contributed by atoms with Crippen molar-refractivity contribution in [3.8, 4) is 11.8 Å². The minimum absolute atomic E-state index is 0.127. The van der Waals surface area contributed by atoms with Gasteiger partial charge >= 0.3 is 6.61 Å². The van der Waals surface area contributed by atoms with Gasteiger partial charge < -0.3 is 4.74 Å². The molecule has 0 radical (unpaired) electrons. The van der Waals surface area contributed by atoms with Crippen molar-refractivity contribution in [1.29, 1.82) is 5.26 Å². The molecule has 0 heterocycles. The highest BCUT2D eigenvalue weighted by atomic mass is 32.2. The van der Waals surface area contributed by atoms with Crippen LogP contribution in [-0.2, 0) is 10.0 Å². The second-order valence-corrected chi connectivity index (χ2v) is 4.68. The number of sulfonamides is 1. The van der Waals surface area contributed by atoms with E-state index >= 15 is 0 Å². The maximum Gasteiger partial charge on any atom is 0.387 e. The van der Waals surface area contributed by atoms with Gasteiger partial charge in [0.25, 0.3) is 0 Å². The van der Waals surface area contributed by atoms with Crippen molar-refractivity contribution < 1.29 is 21.9 Å². The van der Waals surface area contributed by atoms with Gasteiger partial charge in [-0.25, -0.2) is 13.6 Å². The molecule has 1 aromatic carbocycles. The minimum atomic E-state index is -4.01. The van der Waals surface area contributed by atoms with Crippen LogP contribution in [0.5, 0.6) is 5.75 Å². The fourth-order valence-electron chi connectivity index (χ4n) is 1.25. The van der Waals surface area contributed by atoms with Crippen molar-refractivity contribution in [1.82, 2.24) is 0 Å². The topological polar surface area (TPSA) is 93.2 Å². The summed E-state index contributed by atoms with van der Waals surface area (Å²) in [5.74, 6) is -0.382. The van der Waals surface area contributed by atoms with Gasteiger partial charge in [-0.15, -0.1) is 0 Å². The third-order valence-corrected chi connectivity index (χ3v) is 2.97. The molecule has 92 valence electrons. The molecule has 0 atom stereocenters. The lowest BCUT2D eigenvalue weighted by Gasteiger charge is -2.10. The second-order valence-electron chi connectivity index (χ2n) is 3.15. The van der Waals surface area contributed by atoms with Gasteiger partial charge in [0.1, 0.15) is 11.8 Å². The van der Waals surface area contributed by atoms with Crippen LogP contribution in [0.1, 0.15) is 11.1 Å². The van der Waals surface area contributed by atoms with E-state index in [1.54, 1.807) is 6.07 Å². The number of hydrogen-bond acceptors (Lipinski definition) is 4. The first kappa shape index (κ1) is 13.3. The normalized spacial score (nSPS) is 11.3. The molecule has 8 heteroatoms. The van der Waals surface area contributed by atoms with Crippen LogP contribution in [0.2, 0.25) is 0 Å². The molecule has 0 fully saturated rings. The van der Waals surface area contributed by atoms with Crippen LogP contribution < -0.4 is 9.88 Å². The fourth-order valence-corrected chi connectivity index (χ4v) is 2.04. The Hall–Kier alpha value is -1.72. The molecule has 1 rings (SSSR count). The lowest BCUT2D eigenvalue weighted by atomic mass is 10.1. The molecule has 1 aromatic rings. The van der Waals surface area contributed by atoms with Crippen LogP contribution in [-0.4, -0.2) is 15.0 Å². The van der Waals surface area contributed by atoms with Gasteiger partial charge in [-0.3, -0.25) is 0 Å². The monoisotopic (exact) mass is 262 g/mol. The molecule has 0 spiro atoms. The molecule has 5 nitrogen and oxygen atoms in total. The quantitative estimate of drug-likeness (QED) is 0.883. The molecule has 0 bridgehead atoms. The Morgan fingerprint density at radius 1 is 1.47 bits per heavy atom. The number of primary sulfonamides is 1. The Morgan fingerprint density at radius 3 is 2.47 bits per heavy atom. The maximum atomic E-state index is 12.0. The summed E-state index contributed by atoms with van der Waals surface area (Å²) in [5.41, 5.74) is -0.193. The first-order valence-corrected chi connectivity index (χ1v) is 5.82. The zero-order chi connectivity index (χ0) is 13.2. The molecule has 0 unspecified atom stereocenters. The van der Waals surface area contributed by atoms with Crippen molar-refractivity contribution in [3.63, 3.8) is 0 Å². The molecule has 0 aliphatic carbocycles. The van der Waals surface area contributed by atoms with Gasteiger partial charge in [0.05, 0.1) is 10.5 Å². The molecule has 0 aliphatic heterocycles. The minimum Gasteiger partial charge on any atom is -0.433 e. The van der Waals surface area contributed by atoms with E-state index in [1.807, 2.05) is 0 Å². The first-order chi connectivity index (χ1) is 7.75. The van der Waals surface area contributed by atoms with Crippen LogP contribution >= 0.6 is 0 Å². The van der Waals surface area contributed by atoms with Crippen molar-refractivity contribution >= 4 is 10.0 Å². The molecule has 0 saturated heterocycles. The van der Waals surface area contributed by atoms with E-state index in [1.165, 1.54) is 6.92 Å². The third-order valence-electron chi connectivity index (χ3n) is 1.92. The van der Waals surface area contributed by atoms with Crippen LogP contribution in [0.25, 0.3) is 0 Å². The number of nitriles is 1. The maximum absolute atomic E-state index is 12.0. The van der Waals surface area contributed by atoms with Crippen LogP contribution in [0.15, 0.2) is 17.0 Å². The number of nitrogens with zero attached hydrogens (tertiary/aromatic N) is 1. The average Bonchev–Trinajstić information content (AvgIpc) is 2.14. The largest absolute Gasteiger partial charge is 0.433 e. The van der Waals surface area contributed by atoms with Crippen LogP contribution in [0.4, 0.5) is 8.78 Å². The number of hydrogen-bond donors (Lipinski definition) is 1. The highest BCUT2D eigenvalue weighted by Gasteiger charge is 2.17. The number of aryl methyl sites for hydroxylation is 1. The Labute approximate surface area is 96.5 Å². The number of nitrogens with two attached hydrogens (primary N) is 1. The summed E-state index contributed by atoms with van der Waals surface area (Å²) in [6, 6.07) is 3.50. The number of rotatable bonds is 3. The van der Waals surface area contributed by atoms with Gasteiger partial charge in [0.2, 0.25) is 10.0 Å². The summed E-state index contributed by atoms with van der Waals surface area (Å²) in [6.07, 6.45) is 0. The zero-order valence-electron chi connectivity index (χ0n) is 8.65. The van der Waals surface area contributed by atoms with Gasteiger partial charge in [-0.2, -0.15) is 14.0 Å². The molecule has 17 heavy (non-hydrogen) atoms. The van der Waals surface area contributed by atoms with E-state index in [-0.39, 0.29) is 21.8 Å². The average molecular weight is 262 g/mol. The number of halogens is 2. The van der Waals surface area contributed by atoms with Gasteiger partial charge in [-0.1, -0.05) is 0 Å². The van der Waals surface area contributed by atoms with Crippen LogP contribution in [0, 0.1) is 18.3 Å². The number of ether oxygens (including phenoxy) is 1. The number of benzene rings is 1. The molecule has 2 N–H and O–H groups in total. The Bertz CT molecular complexity index is 579. The van der Waals surface area contributed by atoms with Crippen molar-refractivity contribution in [3.05, 3.63) is 23.3 Å². The first-order valence-electron chi connectivity index (χ1n) is 4.28. The van der Waals surface area contributed by atoms with E-state index in [4.69, 9.17) is 10.4 Å². The molecule has 0 saturated carbocycles. The summed E-state index contributed by atoms with van der Waals surface area (Å²) in [6.45, 7) is -1.74. The number of alkyl halides is 2. The van der Waals surface area contributed by atoms with E-state index in [0.717, 1.165) is 12.1 Å². The van der Waals surface area contributed by atoms with Gasteiger partial charge in [-0.05, 0) is 24.6 Å². The van der Waals surface area contributed by atoms with Crippen LogP contribution in [0.3, 0.4) is 0 Å². The lowest BCUT2D eigenvalue weighted by molar-refractivity contribution is -0.0500. The lowest BCUT2D eigenvalue weighted by Crippen LogP contribution is -2.14. The molecular weight excluding hydrogens is 254 g/mol. The molecule has 0 amide bonds. The standard InChI is InChI=1S/C9H8F2N2O3S/c1-5-2-7(16-9(10)11)6(4-12)3-8(5)17(13,14)15/h2-3,9H,1H3,(H2,13,14,15). The Kier molecular flexibility index (Phi) is 3.65. The summed E-state index contributed by atoms with van der Waals surface area (Å²) in [4.78, 5) is -0.296. The highest BCUT2D eigenvalue weighted by molar-refractivity contribution is 7.89. The highest BCUT2D eigenvalue weighted by Crippen LogP contribution is 2.26. The second kappa shape index (κ2) is 4.65. The summed E-state index contributed by atoms with van der Waals surface area (Å²) in [7, 11) is -4.01. The third kappa shape index (κ3) is 3.12. The van der Waals surface area contributed by atoms with E-state index in [2.05, 4.69) is 4.74 Å². The smallest absolute Gasteiger partial charge is 0.387 e. The van der Waals surface area contributed by atoms with E-state index < -0.39 is 16.6 Å². The Morgan fingerprint density at radius 2 is 2.06 bits per heavy atom. The molecule has 0 aliphatic rings. The van der Waals surface area contributed by atoms with Gasteiger partial charge in [0, 0.05) is 0 Å². The predicted molar refractivity (Wildman–Crippen MR) is 53.9 cm³/mol. The molecule has 0 aromatic heterocycles. The summed E-state index contributed by atoms with van der Waals surface area (Å²) < 4.78 is 50.4. The summed E-state index contributed by atoms with van der Waals surface area (Å²) >= 11 is 0. The summed E-state index contributed by atoms with van der Waals surface area (Å²) in [5, 5.41) is 13.6. The van der Waals surface area contributed by atoms with E-state index in [0.29, 0.717) is 0 Å². The van der Waals surface area contributed by atoms with Gasteiger partial charge in [0.15, 0.2) is 0 Å². The van der Waals surface area contributed by atoms with E-state index in [9.17, 15) is 17.2 Å². The van der Waals surface area contributed by atoms with Crippen molar-refractivity contribution in [2.24, 2.45) is 5.14 Å². The van der Waals surface area contributed by atoms with Crippen molar-refractivity contribution in [2.75, 3.05) is 0 Å². The Balaban J connectivity index is 3.42. The SMILES string of the molecule is Cc1cc(OC(F)F)c(C#N)cc1S(N)(=O)=O. The molecular formula is C9H8F2N2O3S. The fraction of sp³-hybridized carbons (Fsp3) is 0.222. The predicted octanol–water partition coefficient (Wildman–Crippen LogP) is 1.12. The zero-order valence-corrected chi connectivity index (χ0v) is 9.46.